The van der Waals surface area contributed by atoms with Crippen molar-refractivity contribution < 1.29 is 9.90 Å². The molecule has 0 radical (unpaired) electrons. The molecule has 0 amide bonds. The van der Waals surface area contributed by atoms with Gasteiger partial charge in [0, 0.05) is 18.1 Å². The molecule has 1 aromatic carbocycles. The Morgan fingerprint density at radius 2 is 2.29 bits per heavy atom. The average molecular weight is 310 g/mol. The number of hydrogen-bond acceptors (Lipinski definition) is 2. The Bertz CT molecular complexity index is 505. The lowest BCUT2D eigenvalue weighted by Crippen LogP contribution is -2.44. The minimum atomic E-state index is -0.646. The highest BCUT2D eigenvalue weighted by molar-refractivity contribution is 6.30. The van der Waals surface area contributed by atoms with Crippen LogP contribution in [0.15, 0.2) is 24.3 Å². The molecule has 21 heavy (non-hydrogen) atoms. The van der Waals surface area contributed by atoms with Gasteiger partial charge in [-0.15, -0.1) is 0 Å². The molecule has 0 aromatic heterocycles. The van der Waals surface area contributed by atoms with Gasteiger partial charge in [0.1, 0.15) is 0 Å². The molecule has 2 atom stereocenters. The van der Waals surface area contributed by atoms with Gasteiger partial charge in [0.15, 0.2) is 0 Å². The lowest BCUT2D eigenvalue weighted by molar-refractivity contribution is -0.153. The lowest BCUT2D eigenvalue weighted by Gasteiger charge is -2.39. The third-order valence-corrected chi connectivity index (χ3v) is 4.69. The fraction of sp³-hybridized carbons (Fsp3) is 0.588. The minimum Gasteiger partial charge on any atom is -0.481 e. The molecule has 1 aromatic rings. The van der Waals surface area contributed by atoms with Crippen LogP contribution >= 0.6 is 11.6 Å². The minimum absolute atomic E-state index is 0.495. The number of benzene rings is 1. The molecular formula is C17H24ClNO2. The summed E-state index contributed by atoms with van der Waals surface area (Å²) in [6, 6.07) is 7.75. The number of carboxylic acids is 1. The summed E-state index contributed by atoms with van der Waals surface area (Å²) in [6.07, 6.45) is 3.72. The first-order valence-corrected chi connectivity index (χ1v) is 7.95. The quantitative estimate of drug-likeness (QED) is 0.892. The van der Waals surface area contributed by atoms with Crippen LogP contribution in [0.4, 0.5) is 0 Å². The van der Waals surface area contributed by atoms with Gasteiger partial charge in [-0.05, 0) is 43.5 Å². The van der Waals surface area contributed by atoms with Crippen LogP contribution in [0.1, 0.15) is 38.2 Å². The Hall–Kier alpha value is -1.06. The summed E-state index contributed by atoms with van der Waals surface area (Å²) in [5.74, 6) is -0.151. The molecule has 0 aliphatic heterocycles. The Morgan fingerprint density at radius 1 is 1.52 bits per heavy atom. The maximum atomic E-state index is 11.8. The van der Waals surface area contributed by atoms with E-state index in [-0.39, 0.29) is 0 Å². The molecule has 2 unspecified atom stereocenters. The smallest absolute Gasteiger partial charge is 0.310 e. The van der Waals surface area contributed by atoms with Gasteiger partial charge in [0.2, 0.25) is 0 Å². The van der Waals surface area contributed by atoms with Crippen molar-refractivity contribution in [2.24, 2.45) is 11.3 Å². The number of halogens is 1. The fourth-order valence-corrected chi connectivity index (χ4v) is 3.80. The summed E-state index contributed by atoms with van der Waals surface area (Å²) in [5, 5.41) is 10.4. The predicted molar refractivity (Wildman–Crippen MR) is 85.5 cm³/mol. The number of nitrogens with zero attached hydrogens (tertiary/aromatic N) is 1. The molecule has 1 saturated carbocycles. The summed E-state index contributed by atoms with van der Waals surface area (Å²) in [5.41, 5.74) is 0.528. The first-order valence-electron chi connectivity index (χ1n) is 7.58. The van der Waals surface area contributed by atoms with Crippen molar-refractivity contribution in [1.29, 1.82) is 0 Å². The van der Waals surface area contributed by atoms with Crippen LogP contribution in [0.5, 0.6) is 0 Å². The second kappa shape index (κ2) is 6.80. The first kappa shape index (κ1) is 16.3. The lowest BCUT2D eigenvalue weighted by atomic mass is 9.69. The Kier molecular flexibility index (Phi) is 5.28. The SMILES string of the molecule is CC1CCCC(CN(C)Cc2cccc(Cl)c2)(C(=O)O)C1. The van der Waals surface area contributed by atoms with Gasteiger partial charge in [-0.25, -0.2) is 0 Å². The molecule has 1 aliphatic rings. The van der Waals surface area contributed by atoms with Crippen LogP contribution < -0.4 is 0 Å². The van der Waals surface area contributed by atoms with Gasteiger partial charge in [0.05, 0.1) is 5.41 Å². The van der Waals surface area contributed by atoms with E-state index in [0.717, 1.165) is 42.8 Å². The van der Waals surface area contributed by atoms with Crippen LogP contribution in [-0.2, 0) is 11.3 Å². The van der Waals surface area contributed by atoms with E-state index in [1.54, 1.807) is 0 Å². The zero-order valence-corrected chi connectivity index (χ0v) is 13.6. The molecular weight excluding hydrogens is 286 g/mol. The zero-order chi connectivity index (χ0) is 15.5. The second-order valence-electron chi connectivity index (χ2n) is 6.59. The summed E-state index contributed by atoms with van der Waals surface area (Å²) < 4.78 is 0. The fourth-order valence-electron chi connectivity index (χ4n) is 3.59. The van der Waals surface area contributed by atoms with Gasteiger partial charge in [-0.1, -0.05) is 43.5 Å². The second-order valence-corrected chi connectivity index (χ2v) is 7.03. The van der Waals surface area contributed by atoms with Crippen LogP contribution in [-0.4, -0.2) is 29.6 Å². The van der Waals surface area contributed by atoms with Gasteiger partial charge in [-0.3, -0.25) is 4.79 Å². The Labute approximate surface area is 131 Å². The third kappa shape index (κ3) is 4.21. The highest BCUT2D eigenvalue weighted by Gasteiger charge is 2.42. The molecule has 2 rings (SSSR count). The molecule has 0 saturated heterocycles. The number of carboxylic acid groups (broad SMARTS) is 1. The van der Waals surface area contributed by atoms with E-state index in [1.165, 1.54) is 0 Å². The summed E-state index contributed by atoms with van der Waals surface area (Å²) in [7, 11) is 1.99. The number of rotatable bonds is 5. The van der Waals surface area contributed by atoms with Gasteiger partial charge in [0.25, 0.3) is 0 Å². The van der Waals surface area contributed by atoms with Crippen LogP contribution in [0.3, 0.4) is 0 Å². The van der Waals surface area contributed by atoms with Crippen molar-refractivity contribution in [3.63, 3.8) is 0 Å². The monoisotopic (exact) mass is 309 g/mol. The number of hydrogen-bond donors (Lipinski definition) is 1. The normalized spacial score (nSPS) is 26.0. The van der Waals surface area contributed by atoms with Crippen LogP contribution in [0.25, 0.3) is 0 Å². The van der Waals surface area contributed by atoms with E-state index in [9.17, 15) is 9.90 Å². The van der Waals surface area contributed by atoms with Crippen molar-refractivity contribution in [3.05, 3.63) is 34.9 Å². The Morgan fingerprint density at radius 3 is 2.90 bits per heavy atom. The van der Waals surface area contributed by atoms with E-state index >= 15 is 0 Å². The first-order chi connectivity index (χ1) is 9.91. The van der Waals surface area contributed by atoms with Gasteiger partial charge < -0.3 is 10.0 Å². The molecule has 3 nitrogen and oxygen atoms in total. The number of carbonyl (C=O) groups is 1. The van der Waals surface area contributed by atoms with E-state index < -0.39 is 11.4 Å². The molecule has 0 bridgehead atoms. The maximum absolute atomic E-state index is 11.8. The highest BCUT2D eigenvalue weighted by atomic mass is 35.5. The molecule has 1 N–H and O–H groups in total. The van der Waals surface area contributed by atoms with E-state index in [4.69, 9.17) is 11.6 Å². The Balaban J connectivity index is 2.05. The standard InChI is InChI=1S/C17H24ClNO2/c1-13-5-4-8-17(10-13,16(20)21)12-19(2)11-14-6-3-7-15(18)9-14/h3,6-7,9,13H,4-5,8,10-12H2,1-2H3,(H,20,21). The van der Waals surface area contributed by atoms with Crippen molar-refractivity contribution >= 4 is 17.6 Å². The van der Waals surface area contributed by atoms with E-state index in [0.29, 0.717) is 12.5 Å². The third-order valence-electron chi connectivity index (χ3n) is 4.46. The van der Waals surface area contributed by atoms with Crippen molar-refractivity contribution in [1.82, 2.24) is 4.90 Å². The van der Waals surface area contributed by atoms with Crippen molar-refractivity contribution in [2.45, 2.75) is 39.2 Å². The zero-order valence-electron chi connectivity index (χ0n) is 12.8. The molecule has 116 valence electrons. The molecule has 1 fully saturated rings. The molecule has 0 heterocycles. The van der Waals surface area contributed by atoms with Crippen molar-refractivity contribution in [3.8, 4) is 0 Å². The van der Waals surface area contributed by atoms with E-state index in [2.05, 4.69) is 11.8 Å². The maximum Gasteiger partial charge on any atom is 0.310 e. The topological polar surface area (TPSA) is 40.5 Å². The predicted octanol–water partition coefficient (Wildman–Crippen LogP) is 4.05. The summed E-state index contributed by atoms with van der Waals surface area (Å²) >= 11 is 6.00. The molecule has 1 aliphatic carbocycles. The van der Waals surface area contributed by atoms with Gasteiger partial charge >= 0.3 is 5.97 Å². The van der Waals surface area contributed by atoms with E-state index in [1.807, 2.05) is 31.3 Å². The van der Waals surface area contributed by atoms with Crippen molar-refractivity contribution in [2.75, 3.05) is 13.6 Å². The summed E-state index contributed by atoms with van der Waals surface area (Å²) in [6.45, 7) is 3.48. The molecule has 4 heteroatoms. The highest BCUT2D eigenvalue weighted by Crippen LogP contribution is 2.40. The average Bonchev–Trinajstić information content (AvgIpc) is 2.38. The largest absolute Gasteiger partial charge is 0.481 e. The number of aliphatic carboxylic acids is 1. The molecule has 0 spiro atoms. The summed E-state index contributed by atoms with van der Waals surface area (Å²) in [4.78, 5) is 13.9. The van der Waals surface area contributed by atoms with Crippen LogP contribution in [0, 0.1) is 11.3 Å². The van der Waals surface area contributed by atoms with Gasteiger partial charge in [-0.2, -0.15) is 0 Å². The van der Waals surface area contributed by atoms with Crippen LogP contribution in [0.2, 0.25) is 5.02 Å².